The molecule has 3 N–H and O–H groups in total. The molecular weight excluding hydrogens is 296 g/mol. The number of carbonyl (C=O) groups is 1. The lowest BCUT2D eigenvalue weighted by atomic mass is 9.98. The smallest absolute Gasteiger partial charge is 0.143 e. The zero-order chi connectivity index (χ0) is 14.4. The second-order valence-corrected chi connectivity index (χ2v) is 6.74. The van der Waals surface area contributed by atoms with Gasteiger partial charge in [0.25, 0.3) is 0 Å². The van der Waals surface area contributed by atoms with Crippen LogP contribution in [-0.2, 0) is 9.53 Å². The van der Waals surface area contributed by atoms with E-state index in [0.717, 1.165) is 35.3 Å². The maximum absolute atomic E-state index is 12.2. The highest BCUT2D eigenvalue weighted by atomic mass is 35.5. The average molecular weight is 317 g/mol. The SMILES string of the molecule is NCCC(=O)[C@H](CNC1CCOCC1)c1ccc(Cl)s1. The van der Waals surface area contributed by atoms with Gasteiger partial charge in [0.1, 0.15) is 5.78 Å². The van der Waals surface area contributed by atoms with Crippen LogP contribution in [0.5, 0.6) is 0 Å². The lowest BCUT2D eigenvalue weighted by Crippen LogP contribution is -2.38. The van der Waals surface area contributed by atoms with Gasteiger partial charge in [-0.2, -0.15) is 0 Å². The van der Waals surface area contributed by atoms with Gasteiger partial charge in [0.2, 0.25) is 0 Å². The highest BCUT2D eigenvalue weighted by molar-refractivity contribution is 7.16. The van der Waals surface area contributed by atoms with Crippen molar-refractivity contribution in [3.63, 3.8) is 0 Å². The molecule has 20 heavy (non-hydrogen) atoms. The molecule has 1 saturated heterocycles. The molecule has 0 spiro atoms. The Kier molecular flexibility index (Phi) is 6.45. The van der Waals surface area contributed by atoms with E-state index in [2.05, 4.69) is 5.32 Å². The molecule has 2 heterocycles. The van der Waals surface area contributed by atoms with Crippen LogP contribution < -0.4 is 11.1 Å². The summed E-state index contributed by atoms with van der Waals surface area (Å²) in [7, 11) is 0. The van der Waals surface area contributed by atoms with E-state index in [1.807, 2.05) is 12.1 Å². The molecule has 0 bridgehead atoms. The number of hydrogen-bond acceptors (Lipinski definition) is 5. The molecule has 112 valence electrons. The molecule has 6 heteroatoms. The van der Waals surface area contributed by atoms with Gasteiger partial charge >= 0.3 is 0 Å². The number of nitrogens with two attached hydrogens (primary N) is 1. The zero-order valence-corrected chi connectivity index (χ0v) is 13.0. The number of carbonyl (C=O) groups excluding carboxylic acids is 1. The van der Waals surface area contributed by atoms with E-state index in [9.17, 15) is 4.79 Å². The molecule has 0 saturated carbocycles. The number of rotatable bonds is 7. The number of thiophene rings is 1. The molecule has 2 rings (SSSR count). The van der Waals surface area contributed by atoms with Crippen LogP contribution in [0.3, 0.4) is 0 Å². The van der Waals surface area contributed by atoms with Gasteiger partial charge in [0, 0.05) is 37.1 Å². The maximum atomic E-state index is 12.2. The lowest BCUT2D eigenvalue weighted by molar-refractivity contribution is -0.120. The van der Waals surface area contributed by atoms with Crippen LogP contribution in [0.2, 0.25) is 4.34 Å². The van der Waals surface area contributed by atoms with E-state index in [1.54, 1.807) is 0 Å². The van der Waals surface area contributed by atoms with Crippen molar-refractivity contribution in [2.24, 2.45) is 5.73 Å². The van der Waals surface area contributed by atoms with E-state index in [4.69, 9.17) is 22.1 Å². The molecule has 0 aliphatic carbocycles. The Morgan fingerprint density at radius 2 is 2.25 bits per heavy atom. The second kappa shape index (κ2) is 8.10. The quantitative estimate of drug-likeness (QED) is 0.809. The molecular formula is C14H21ClN2O2S. The second-order valence-electron chi connectivity index (χ2n) is 4.99. The van der Waals surface area contributed by atoms with Gasteiger partial charge in [0.05, 0.1) is 10.3 Å². The van der Waals surface area contributed by atoms with Crippen molar-refractivity contribution in [1.82, 2.24) is 5.32 Å². The zero-order valence-electron chi connectivity index (χ0n) is 11.4. The summed E-state index contributed by atoms with van der Waals surface area (Å²) >= 11 is 7.46. The molecule has 4 nitrogen and oxygen atoms in total. The van der Waals surface area contributed by atoms with Crippen molar-refractivity contribution in [3.8, 4) is 0 Å². The minimum absolute atomic E-state index is 0.140. The summed E-state index contributed by atoms with van der Waals surface area (Å²) in [6.07, 6.45) is 2.42. The van der Waals surface area contributed by atoms with Crippen molar-refractivity contribution in [2.45, 2.75) is 31.2 Å². The Morgan fingerprint density at radius 3 is 2.85 bits per heavy atom. The number of ketones is 1. The third-order valence-corrected chi connectivity index (χ3v) is 4.89. The number of ether oxygens (including phenoxy) is 1. The van der Waals surface area contributed by atoms with Gasteiger partial charge in [-0.15, -0.1) is 11.3 Å². The fourth-order valence-electron chi connectivity index (χ4n) is 2.39. The maximum Gasteiger partial charge on any atom is 0.143 e. The van der Waals surface area contributed by atoms with Gasteiger partial charge in [-0.05, 0) is 31.5 Å². The Hall–Kier alpha value is -0.460. The first-order valence-corrected chi connectivity index (χ1v) is 8.19. The number of Topliss-reactive ketones (excluding diaryl/α,β-unsaturated/α-hetero) is 1. The molecule has 1 aromatic heterocycles. The van der Waals surface area contributed by atoms with E-state index in [-0.39, 0.29) is 11.7 Å². The van der Waals surface area contributed by atoms with Crippen molar-refractivity contribution in [2.75, 3.05) is 26.3 Å². The first-order valence-electron chi connectivity index (χ1n) is 7.00. The fraction of sp³-hybridized carbons (Fsp3) is 0.643. The van der Waals surface area contributed by atoms with Crippen molar-refractivity contribution < 1.29 is 9.53 Å². The summed E-state index contributed by atoms with van der Waals surface area (Å²) in [6.45, 7) is 2.64. The number of nitrogens with one attached hydrogen (secondary N) is 1. The van der Waals surface area contributed by atoms with Crippen molar-refractivity contribution in [3.05, 3.63) is 21.3 Å². The first-order chi connectivity index (χ1) is 9.70. The van der Waals surface area contributed by atoms with E-state index in [0.29, 0.717) is 25.6 Å². The minimum atomic E-state index is -0.140. The molecule has 1 aliphatic rings. The number of hydrogen-bond donors (Lipinski definition) is 2. The Balaban J connectivity index is 1.96. The van der Waals surface area contributed by atoms with Crippen LogP contribution >= 0.6 is 22.9 Å². The van der Waals surface area contributed by atoms with Gasteiger partial charge in [-0.25, -0.2) is 0 Å². The molecule has 1 aromatic rings. The predicted molar refractivity (Wildman–Crippen MR) is 82.6 cm³/mol. The monoisotopic (exact) mass is 316 g/mol. The van der Waals surface area contributed by atoms with E-state index in [1.165, 1.54) is 11.3 Å². The standard InChI is InChI=1S/C14H21ClN2O2S/c15-14-2-1-13(20-14)11(12(18)3-6-16)9-17-10-4-7-19-8-5-10/h1-2,10-11,17H,3-9,16H2/t11-/m0/s1. The average Bonchev–Trinajstić information content (AvgIpc) is 2.87. The summed E-state index contributed by atoms with van der Waals surface area (Å²) < 4.78 is 6.06. The molecule has 0 radical (unpaired) electrons. The normalized spacial score (nSPS) is 18.1. The highest BCUT2D eigenvalue weighted by Crippen LogP contribution is 2.29. The molecule has 1 atom stereocenters. The highest BCUT2D eigenvalue weighted by Gasteiger charge is 2.23. The van der Waals surface area contributed by atoms with Crippen molar-refractivity contribution >= 4 is 28.7 Å². The van der Waals surface area contributed by atoms with Crippen LogP contribution in [0.25, 0.3) is 0 Å². The molecule has 0 amide bonds. The van der Waals surface area contributed by atoms with E-state index < -0.39 is 0 Å². The summed E-state index contributed by atoms with van der Waals surface area (Å²) in [5.74, 6) is 0.0458. The van der Waals surface area contributed by atoms with Gasteiger partial charge in [-0.1, -0.05) is 11.6 Å². The van der Waals surface area contributed by atoms with Crippen LogP contribution in [0.15, 0.2) is 12.1 Å². The van der Waals surface area contributed by atoms with Gasteiger partial charge in [0.15, 0.2) is 0 Å². The predicted octanol–water partition coefficient (Wildman–Crippen LogP) is 2.17. The minimum Gasteiger partial charge on any atom is -0.381 e. The van der Waals surface area contributed by atoms with Gasteiger partial charge < -0.3 is 15.8 Å². The van der Waals surface area contributed by atoms with Crippen LogP contribution in [0.4, 0.5) is 0 Å². The Bertz CT molecular complexity index is 433. The third-order valence-electron chi connectivity index (χ3n) is 3.55. The topological polar surface area (TPSA) is 64.4 Å². The Labute approximate surface area is 128 Å². The van der Waals surface area contributed by atoms with E-state index >= 15 is 0 Å². The molecule has 1 aliphatic heterocycles. The summed E-state index contributed by atoms with van der Waals surface area (Å²) in [5.41, 5.74) is 5.51. The van der Waals surface area contributed by atoms with Crippen molar-refractivity contribution in [1.29, 1.82) is 0 Å². The molecule has 1 fully saturated rings. The van der Waals surface area contributed by atoms with Crippen LogP contribution in [-0.4, -0.2) is 38.1 Å². The Morgan fingerprint density at radius 1 is 1.50 bits per heavy atom. The van der Waals surface area contributed by atoms with Crippen LogP contribution in [0.1, 0.15) is 30.1 Å². The van der Waals surface area contributed by atoms with Crippen LogP contribution in [0, 0.1) is 0 Å². The molecule has 0 unspecified atom stereocenters. The van der Waals surface area contributed by atoms with Gasteiger partial charge in [-0.3, -0.25) is 4.79 Å². The summed E-state index contributed by atoms with van der Waals surface area (Å²) in [4.78, 5) is 13.3. The third kappa shape index (κ3) is 4.53. The fourth-order valence-corrected chi connectivity index (χ4v) is 3.58. The molecule has 0 aromatic carbocycles. The number of halogens is 1. The lowest BCUT2D eigenvalue weighted by Gasteiger charge is -2.25. The summed E-state index contributed by atoms with van der Waals surface area (Å²) in [6, 6.07) is 4.23. The summed E-state index contributed by atoms with van der Waals surface area (Å²) in [5, 5.41) is 3.49. The largest absolute Gasteiger partial charge is 0.381 e. The first kappa shape index (κ1) is 15.9.